The van der Waals surface area contributed by atoms with Crippen molar-refractivity contribution in [3.8, 4) is 17.2 Å². The van der Waals surface area contributed by atoms with E-state index in [4.69, 9.17) is 18.6 Å². The number of ether oxygens (including phenoxy) is 3. The number of pyridine rings is 1. The molecule has 0 unspecified atom stereocenters. The highest BCUT2D eigenvalue weighted by Crippen LogP contribution is 2.41. The van der Waals surface area contributed by atoms with Crippen molar-refractivity contribution in [3.05, 3.63) is 24.0 Å². The number of fused-ring (bicyclic) bond motifs is 2. The van der Waals surface area contributed by atoms with E-state index in [9.17, 15) is 5.11 Å². The molecule has 2 aromatic heterocycles. The number of methoxy groups -OCH3 is 3. The smallest absolute Gasteiger partial charge is 0.230 e. The zero-order valence-electron chi connectivity index (χ0n) is 13.8. The molecule has 23 heavy (non-hydrogen) atoms. The quantitative estimate of drug-likeness (QED) is 0.796. The fourth-order valence-electron chi connectivity index (χ4n) is 2.54. The van der Waals surface area contributed by atoms with Crippen LogP contribution in [-0.2, 0) is 5.60 Å². The van der Waals surface area contributed by atoms with E-state index in [1.165, 1.54) is 0 Å². The molecule has 0 fully saturated rings. The molecule has 0 saturated carbocycles. The SMILES string of the molecule is COc1cc(OC)c2nc3oc(C(C)(C)O)cc3c(OC)c2c1. The lowest BCUT2D eigenvalue weighted by atomic mass is 10.1. The van der Waals surface area contributed by atoms with Gasteiger partial charge in [0.25, 0.3) is 0 Å². The highest BCUT2D eigenvalue weighted by atomic mass is 16.5. The molecule has 0 radical (unpaired) electrons. The van der Waals surface area contributed by atoms with Gasteiger partial charge in [0.05, 0.1) is 32.1 Å². The molecule has 0 aliphatic carbocycles. The first-order valence-corrected chi connectivity index (χ1v) is 7.15. The first-order valence-electron chi connectivity index (χ1n) is 7.15. The monoisotopic (exact) mass is 317 g/mol. The van der Waals surface area contributed by atoms with Crippen LogP contribution < -0.4 is 14.2 Å². The molecule has 3 rings (SSSR count). The van der Waals surface area contributed by atoms with Crippen LogP contribution in [0.2, 0.25) is 0 Å². The van der Waals surface area contributed by atoms with Crippen molar-refractivity contribution < 1.29 is 23.7 Å². The van der Waals surface area contributed by atoms with Gasteiger partial charge in [-0.25, -0.2) is 4.98 Å². The van der Waals surface area contributed by atoms with Crippen LogP contribution in [0.1, 0.15) is 19.6 Å². The zero-order valence-corrected chi connectivity index (χ0v) is 13.8. The number of hydrogen-bond donors (Lipinski definition) is 1. The maximum absolute atomic E-state index is 10.2. The van der Waals surface area contributed by atoms with E-state index < -0.39 is 5.60 Å². The first-order chi connectivity index (χ1) is 10.9. The fourth-order valence-corrected chi connectivity index (χ4v) is 2.54. The topological polar surface area (TPSA) is 74.0 Å². The molecule has 0 aliphatic heterocycles. The summed E-state index contributed by atoms with van der Waals surface area (Å²) in [5, 5.41) is 11.6. The number of hydrogen-bond acceptors (Lipinski definition) is 6. The van der Waals surface area contributed by atoms with Gasteiger partial charge < -0.3 is 23.7 Å². The Kier molecular flexibility index (Phi) is 3.56. The van der Waals surface area contributed by atoms with Gasteiger partial charge in [-0.05, 0) is 26.0 Å². The van der Waals surface area contributed by atoms with Crippen LogP contribution in [0.4, 0.5) is 0 Å². The molecule has 2 heterocycles. The van der Waals surface area contributed by atoms with E-state index >= 15 is 0 Å². The number of aromatic nitrogens is 1. The summed E-state index contributed by atoms with van der Waals surface area (Å²) in [6.07, 6.45) is 0. The third kappa shape index (κ3) is 2.45. The van der Waals surface area contributed by atoms with Crippen molar-refractivity contribution in [1.29, 1.82) is 0 Å². The summed E-state index contributed by atoms with van der Waals surface area (Å²) in [6.45, 7) is 3.31. The van der Waals surface area contributed by atoms with Crippen molar-refractivity contribution >= 4 is 22.0 Å². The van der Waals surface area contributed by atoms with Crippen molar-refractivity contribution in [2.24, 2.45) is 0 Å². The Morgan fingerprint density at radius 2 is 1.74 bits per heavy atom. The third-order valence-corrected chi connectivity index (χ3v) is 3.73. The summed E-state index contributed by atoms with van der Waals surface area (Å²) in [7, 11) is 4.73. The second-order valence-corrected chi connectivity index (χ2v) is 5.76. The predicted octanol–water partition coefficient (Wildman–Crippen LogP) is 3.23. The number of nitrogens with zero attached hydrogens (tertiary/aromatic N) is 1. The summed E-state index contributed by atoms with van der Waals surface area (Å²) in [5.74, 6) is 2.21. The Labute approximate surface area is 133 Å². The van der Waals surface area contributed by atoms with E-state index in [0.717, 1.165) is 5.39 Å². The van der Waals surface area contributed by atoms with Gasteiger partial charge in [0, 0.05) is 6.07 Å². The second kappa shape index (κ2) is 5.31. The molecule has 0 atom stereocenters. The van der Waals surface area contributed by atoms with Gasteiger partial charge in [0.2, 0.25) is 5.71 Å². The number of aliphatic hydroxyl groups is 1. The molecule has 0 saturated heterocycles. The Balaban J connectivity index is 2.43. The third-order valence-electron chi connectivity index (χ3n) is 3.73. The van der Waals surface area contributed by atoms with Gasteiger partial charge in [-0.15, -0.1) is 0 Å². The Morgan fingerprint density at radius 1 is 1.00 bits per heavy atom. The van der Waals surface area contributed by atoms with Gasteiger partial charge in [0.1, 0.15) is 34.1 Å². The molecule has 1 N–H and O–H groups in total. The summed E-state index contributed by atoms with van der Waals surface area (Å²) in [5.41, 5.74) is -0.121. The Morgan fingerprint density at radius 3 is 2.30 bits per heavy atom. The average molecular weight is 317 g/mol. The normalized spacial score (nSPS) is 11.9. The molecular formula is C17H19NO5. The predicted molar refractivity (Wildman–Crippen MR) is 86.4 cm³/mol. The van der Waals surface area contributed by atoms with Gasteiger partial charge in [-0.2, -0.15) is 0 Å². The maximum atomic E-state index is 10.2. The summed E-state index contributed by atoms with van der Waals surface area (Å²) in [6, 6.07) is 5.33. The Bertz CT molecular complexity index is 876. The molecule has 0 bridgehead atoms. The van der Waals surface area contributed by atoms with Crippen LogP contribution in [0.5, 0.6) is 17.2 Å². The molecule has 6 heteroatoms. The minimum absolute atomic E-state index is 0.384. The van der Waals surface area contributed by atoms with E-state index in [0.29, 0.717) is 39.6 Å². The lowest BCUT2D eigenvalue weighted by molar-refractivity contribution is 0.0557. The van der Waals surface area contributed by atoms with Crippen molar-refractivity contribution in [1.82, 2.24) is 4.98 Å². The highest BCUT2D eigenvalue weighted by Gasteiger charge is 2.25. The first kappa shape index (κ1) is 15.4. The van der Waals surface area contributed by atoms with Crippen LogP contribution in [0.25, 0.3) is 22.0 Å². The molecule has 0 aliphatic rings. The van der Waals surface area contributed by atoms with Gasteiger partial charge in [-0.3, -0.25) is 0 Å². The van der Waals surface area contributed by atoms with Crippen LogP contribution in [0, 0.1) is 0 Å². The fraction of sp³-hybridized carbons (Fsp3) is 0.353. The average Bonchev–Trinajstić information content (AvgIpc) is 2.95. The molecule has 0 amide bonds. The lowest BCUT2D eigenvalue weighted by Crippen LogP contribution is -2.13. The molecule has 122 valence electrons. The van der Waals surface area contributed by atoms with E-state index in [1.54, 1.807) is 47.3 Å². The summed E-state index contributed by atoms with van der Waals surface area (Å²) >= 11 is 0. The molecule has 6 nitrogen and oxygen atoms in total. The number of rotatable bonds is 4. The van der Waals surface area contributed by atoms with Crippen molar-refractivity contribution in [2.75, 3.05) is 21.3 Å². The maximum Gasteiger partial charge on any atom is 0.230 e. The molecule has 1 aromatic carbocycles. The van der Waals surface area contributed by atoms with Crippen molar-refractivity contribution in [2.45, 2.75) is 19.4 Å². The van der Waals surface area contributed by atoms with Crippen LogP contribution in [0.15, 0.2) is 22.6 Å². The minimum atomic E-state index is -1.11. The molecule has 3 aromatic rings. The largest absolute Gasteiger partial charge is 0.497 e. The van der Waals surface area contributed by atoms with E-state index in [2.05, 4.69) is 4.98 Å². The van der Waals surface area contributed by atoms with Crippen LogP contribution >= 0.6 is 0 Å². The van der Waals surface area contributed by atoms with E-state index in [-0.39, 0.29) is 0 Å². The number of furan rings is 1. The van der Waals surface area contributed by atoms with Gasteiger partial charge >= 0.3 is 0 Å². The summed E-state index contributed by atoms with van der Waals surface area (Å²) in [4.78, 5) is 4.53. The standard InChI is InChI=1S/C17H19NO5/c1-17(2,19)13-8-11-15(22-5)10-6-9(20-3)7-12(21-4)14(10)18-16(11)23-13/h6-8,19H,1-5H3. The lowest BCUT2D eigenvalue weighted by Gasteiger charge is -2.12. The second-order valence-electron chi connectivity index (χ2n) is 5.76. The van der Waals surface area contributed by atoms with Gasteiger partial charge in [-0.1, -0.05) is 0 Å². The Hall–Kier alpha value is -2.47. The highest BCUT2D eigenvalue weighted by molar-refractivity contribution is 6.02. The van der Waals surface area contributed by atoms with Crippen LogP contribution in [0.3, 0.4) is 0 Å². The molecular weight excluding hydrogens is 298 g/mol. The minimum Gasteiger partial charge on any atom is -0.497 e. The van der Waals surface area contributed by atoms with Crippen LogP contribution in [-0.4, -0.2) is 31.4 Å². The molecule has 0 spiro atoms. The zero-order chi connectivity index (χ0) is 16.8. The van der Waals surface area contributed by atoms with Crippen molar-refractivity contribution in [3.63, 3.8) is 0 Å². The number of benzene rings is 1. The van der Waals surface area contributed by atoms with E-state index in [1.807, 2.05) is 6.07 Å². The summed E-state index contributed by atoms with van der Waals surface area (Å²) < 4.78 is 22.0. The van der Waals surface area contributed by atoms with Gasteiger partial charge in [0.15, 0.2) is 0 Å².